The fourth-order valence-corrected chi connectivity index (χ4v) is 2.02. The van der Waals surface area contributed by atoms with Crippen LogP contribution in [0.15, 0.2) is 18.2 Å². The molecule has 0 unspecified atom stereocenters. The lowest BCUT2D eigenvalue weighted by Gasteiger charge is -2.12. The molecule has 0 saturated heterocycles. The Balaban J connectivity index is 2.48. The minimum absolute atomic E-state index is 0.00396. The van der Waals surface area contributed by atoms with E-state index in [2.05, 4.69) is 19.2 Å². The van der Waals surface area contributed by atoms with Gasteiger partial charge in [-0.3, -0.25) is 4.79 Å². The SMILES string of the molecule is CC(C)CCNC(=O)COc1cccc(Cl)c1CCN. The molecule has 4 nitrogen and oxygen atoms in total. The third-order valence-electron chi connectivity index (χ3n) is 2.87. The first kappa shape index (κ1) is 16.8. The highest BCUT2D eigenvalue weighted by Gasteiger charge is 2.09. The molecule has 0 atom stereocenters. The van der Waals surface area contributed by atoms with E-state index in [-0.39, 0.29) is 12.5 Å². The molecule has 1 aromatic rings. The Kier molecular flexibility index (Phi) is 7.41. The van der Waals surface area contributed by atoms with Crippen molar-refractivity contribution in [3.05, 3.63) is 28.8 Å². The standard InChI is InChI=1S/C15H23ClN2O2/c1-11(2)7-9-18-15(19)10-20-14-5-3-4-13(16)12(14)6-8-17/h3-5,11H,6-10,17H2,1-2H3,(H,18,19). The second kappa shape index (κ2) is 8.82. The molecule has 0 fully saturated rings. The number of carbonyl (C=O) groups excluding carboxylic acids is 1. The molecule has 0 radical (unpaired) electrons. The summed E-state index contributed by atoms with van der Waals surface area (Å²) in [7, 11) is 0. The predicted octanol–water partition coefficient (Wildman–Crippen LogP) is 2.38. The van der Waals surface area contributed by atoms with Gasteiger partial charge < -0.3 is 15.8 Å². The van der Waals surface area contributed by atoms with Gasteiger partial charge in [0, 0.05) is 17.1 Å². The normalized spacial score (nSPS) is 10.7. The van der Waals surface area contributed by atoms with E-state index >= 15 is 0 Å². The van der Waals surface area contributed by atoms with Gasteiger partial charge in [0.25, 0.3) is 5.91 Å². The van der Waals surface area contributed by atoms with E-state index in [4.69, 9.17) is 22.1 Å². The fraction of sp³-hybridized carbons (Fsp3) is 0.533. The van der Waals surface area contributed by atoms with Crippen LogP contribution in [0, 0.1) is 5.92 Å². The maximum atomic E-state index is 11.7. The zero-order chi connectivity index (χ0) is 15.0. The summed E-state index contributed by atoms with van der Waals surface area (Å²) in [6.07, 6.45) is 1.59. The zero-order valence-electron chi connectivity index (χ0n) is 12.1. The minimum Gasteiger partial charge on any atom is -0.483 e. The van der Waals surface area contributed by atoms with Crippen LogP contribution in [-0.4, -0.2) is 25.6 Å². The van der Waals surface area contributed by atoms with Crippen molar-refractivity contribution < 1.29 is 9.53 Å². The summed E-state index contributed by atoms with van der Waals surface area (Å²) in [6, 6.07) is 5.40. The molecule has 0 spiro atoms. The van der Waals surface area contributed by atoms with Crippen LogP contribution in [-0.2, 0) is 11.2 Å². The molecule has 112 valence electrons. The Hall–Kier alpha value is -1.26. The maximum Gasteiger partial charge on any atom is 0.257 e. The van der Waals surface area contributed by atoms with Crippen molar-refractivity contribution in [1.82, 2.24) is 5.32 Å². The smallest absolute Gasteiger partial charge is 0.257 e. The Morgan fingerprint density at radius 3 is 2.85 bits per heavy atom. The van der Waals surface area contributed by atoms with Crippen molar-refractivity contribution in [2.45, 2.75) is 26.7 Å². The molecule has 1 rings (SSSR count). The van der Waals surface area contributed by atoms with E-state index in [0.29, 0.717) is 36.2 Å². The molecule has 0 aliphatic heterocycles. The van der Waals surface area contributed by atoms with E-state index in [1.165, 1.54) is 0 Å². The summed E-state index contributed by atoms with van der Waals surface area (Å²) >= 11 is 6.11. The monoisotopic (exact) mass is 298 g/mol. The zero-order valence-corrected chi connectivity index (χ0v) is 12.9. The Bertz CT molecular complexity index is 436. The number of halogens is 1. The van der Waals surface area contributed by atoms with Crippen molar-refractivity contribution in [1.29, 1.82) is 0 Å². The van der Waals surface area contributed by atoms with Crippen LogP contribution >= 0.6 is 11.6 Å². The highest BCUT2D eigenvalue weighted by atomic mass is 35.5. The van der Waals surface area contributed by atoms with Gasteiger partial charge in [0.05, 0.1) is 0 Å². The summed E-state index contributed by atoms with van der Waals surface area (Å²) in [5, 5.41) is 3.45. The third-order valence-corrected chi connectivity index (χ3v) is 3.23. The number of ether oxygens (including phenoxy) is 1. The van der Waals surface area contributed by atoms with E-state index in [1.54, 1.807) is 18.2 Å². The van der Waals surface area contributed by atoms with Gasteiger partial charge in [0.15, 0.2) is 6.61 Å². The van der Waals surface area contributed by atoms with Crippen LogP contribution in [0.1, 0.15) is 25.8 Å². The lowest BCUT2D eigenvalue weighted by molar-refractivity contribution is -0.123. The van der Waals surface area contributed by atoms with Crippen molar-refractivity contribution in [3.63, 3.8) is 0 Å². The number of nitrogens with two attached hydrogens (primary N) is 1. The molecule has 20 heavy (non-hydrogen) atoms. The molecule has 0 heterocycles. The molecule has 1 aromatic carbocycles. The quantitative estimate of drug-likeness (QED) is 0.774. The van der Waals surface area contributed by atoms with Gasteiger partial charge in [0.2, 0.25) is 0 Å². The van der Waals surface area contributed by atoms with Crippen molar-refractivity contribution in [2.75, 3.05) is 19.7 Å². The minimum atomic E-state index is -0.121. The number of nitrogens with one attached hydrogen (secondary N) is 1. The average molecular weight is 299 g/mol. The number of hydrogen-bond donors (Lipinski definition) is 2. The number of hydrogen-bond acceptors (Lipinski definition) is 3. The molecular weight excluding hydrogens is 276 g/mol. The van der Waals surface area contributed by atoms with Gasteiger partial charge in [-0.15, -0.1) is 0 Å². The topological polar surface area (TPSA) is 64.3 Å². The molecule has 0 saturated carbocycles. The van der Waals surface area contributed by atoms with Gasteiger partial charge in [-0.2, -0.15) is 0 Å². The van der Waals surface area contributed by atoms with Crippen LogP contribution < -0.4 is 15.8 Å². The van der Waals surface area contributed by atoms with Crippen LogP contribution in [0.3, 0.4) is 0 Å². The van der Waals surface area contributed by atoms with Crippen molar-refractivity contribution >= 4 is 17.5 Å². The van der Waals surface area contributed by atoms with Gasteiger partial charge in [-0.1, -0.05) is 31.5 Å². The molecular formula is C15H23ClN2O2. The lowest BCUT2D eigenvalue weighted by Crippen LogP contribution is -2.30. The highest BCUT2D eigenvalue weighted by molar-refractivity contribution is 6.31. The van der Waals surface area contributed by atoms with Crippen LogP contribution in [0.2, 0.25) is 5.02 Å². The van der Waals surface area contributed by atoms with Gasteiger partial charge in [-0.05, 0) is 37.4 Å². The number of amides is 1. The Morgan fingerprint density at radius 1 is 1.45 bits per heavy atom. The second-order valence-corrected chi connectivity index (χ2v) is 5.48. The summed E-state index contributed by atoms with van der Waals surface area (Å²) in [6.45, 7) is 5.39. The lowest BCUT2D eigenvalue weighted by atomic mass is 10.1. The van der Waals surface area contributed by atoms with E-state index in [9.17, 15) is 4.79 Å². The molecule has 0 bridgehead atoms. The third kappa shape index (κ3) is 5.80. The maximum absolute atomic E-state index is 11.7. The first-order valence-electron chi connectivity index (χ1n) is 6.91. The largest absolute Gasteiger partial charge is 0.483 e. The van der Waals surface area contributed by atoms with Gasteiger partial charge >= 0.3 is 0 Å². The molecule has 0 aliphatic carbocycles. The molecule has 5 heteroatoms. The summed E-state index contributed by atoms with van der Waals surface area (Å²) in [4.78, 5) is 11.7. The Labute approximate surface area is 125 Å². The second-order valence-electron chi connectivity index (χ2n) is 5.08. The van der Waals surface area contributed by atoms with E-state index < -0.39 is 0 Å². The summed E-state index contributed by atoms with van der Waals surface area (Å²) < 4.78 is 5.54. The van der Waals surface area contributed by atoms with Gasteiger partial charge in [0.1, 0.15) is 5.75 Å². The number of rotatable bonds is 8. The molecule has 3 N–H and O–H groups in total. The van der Waals surface area contributed by atoms with Crippen LogP contribution in [0.5, 0.6) is 5.75 Å². The fourth-order valence-electron chi connectivity index (χ4n) is 1.76. The average Bonchev–Trinajstić information content (AvgIpc) is 2.39. The predicted molar refractivity (Wildman–Crippen MR) is 82.2 cm³/mol. The van der Waals surface area contributed by atoms with Crippen LogP contribution in [0.4, 0.5) is 0 Å². The first-order chi connectivity index (χ1) is 9.54. The van der Waals surface area contributed by atoms with Crippen molar-refractivity contribution in [2.24, 2.45) is 11.7 Å². The van der Waals surface area contributed by atoms with Crippen molar-refractivity contribution in [3.8, 4) is 5.75 Å². The highest BCUT2D eigenvalue weighted by Crippen LogP contribution is 2.26. The van der Waals surface area contributed by atoms with Crippen LogP contribution in [0.25, 0.3) is 0 Å². The van der Waals surface area contributed by atoms with Gasteiger partial charge in [-0.25, -0.2) is 0 Å². The number of benzene rings is 1. The van der Waals surface area contributed by atoms with E-state index in [1.807, 2.05) is 0 Å². The van der Waals surface area contributed by atoms with E-state index in [0.717, 1.165) is 12.0 Å². The summed E-state index contributed by atoms with van der Waals surface area (Å²) in [5.41, 5.74) is 6.41. The molecule has 0 aromatic heterocycles. The first-order valence-corrected chi connectivity index (χ1v) is 7.29. The summed E-state index contributed by atoms with van der Waals surface area (Å²) in [5.74, 6) is 1.08. The Morgan fingerprint density at radius 2 is 2.20 bits per heavy atom. The molecule has 0 aliphatic rings. The molecule has 1 amide bonds. The number of carbonyl (C=O) groups is 1.